The number of amides is 2. The van der Waals surface area contributed by atoms with E-state index in [2.05, 4.69) is 27.4 Å². The molecule has 0 aliphatic heterocycles. The SMILES string of the molecule is C=CC(=O)Nc1cc(NC(=O)c2cc(C3CCCCC3)[nH]n2)ccc1F. The molecule has 3 rings (SSSR count). The molecule has 1 aliphatic carbocycles. The Hall–Kier alpha value is -2.96. The predicted molar refractivity (Wildman–Crippen MR) is 97.6 cm³/mol. The number of anilines is 2. The highest BCUT2D eigenvalue weighted by Gasteiger charge is 2.20. The molecule has 1 heterocycles. The maximum absolute atomic E-state index is 13.8. The number of hydrogen-bond acceptors (Lipinski definition) is 3. The van der Waals surface area contributed by atoms with Crippen molar-refractivity contribution in [1.29, 1.82) is 0 Å². The second-order valence-electron chi connectivity index (χ2n) is 6.39. The quantitative estimate of drug-likeness (QED) is 0.708. The van der Waals surface area contributed by atoms with Gasteiger partial charge in [-0.2, -0.15) is 5.10 Å². The van der Waals surface area contributed by atoms with Crippen molar-refractivity contribution in [2.45, 2.75) is 38.0 Å². The Kier molecular flexibility index (Phi) is 5.46. The van der Waals surface area contributed by atoms with E-state index < -0.39 is 17.6 Å². The number of aromatic amines is 1. The third kappa shape index (κ3) is 4.17. The van der Waals surface area contributed by atoms with E-state index in [-0.39, 0.29) is 11.4 Å². The Morgan fingerprint density at radius 3 is 2.69 bits per heavy atom. The summed E-state index contributed by atoms with van der Waals surface area (Å²) >= 11 is 0. The summed E-state index contributed by atoms with van der Waals surface area (Å²) in [6, 6.07) is 5.72. The van der Waals surface area contributed by atoms with E-state index in [1.165, 1.54) is 37.5 Å². The summed E-state index contributed by atoms with van der Waals surface area (Å²) in [5.74, 6) is -1.10. The van der Waals surface area contributed by atoms with Gasteiger partial charge in [0, 0.05) is 17.3 Å². The van der Waals surface area contributed by atoms with Crippen molar-refractivity contribution in [3.8, 4) is 0 Å². The van der Waals surface area contributed by atoms with Crippen molar-refractivity contribution in [3.05, 3.63) is 54.1 Å². The Labute approximate surface area is 150 Å². The zero-order valence-electron chi connectivity index (χ0n) is 14.3. The molecule has 2 amide bonds. The molecule has 1 aromatic carbocycles. The van der Waals surface area contributed by atoms with Crippen molar-refractivity contribution in [1.82, 2.24) is 10.2 Å². The van der Waals surface area contributed by atoms with Crippen LogP contribution in [-0.4, -0.2) is 22.0 Å². The molecule has 0 spiro atoms. The molecule has 1 aliphatic rings. The number of aromatic nitrogens is 2. The summed E-state index contributed by atoms with van der Waals surface area (Å²) in [5, 5.41) is 12.1. The molecule has 0 bridgehead atoms. The molecule has 1 saturated carbocycles. The van der Waals surface area contributed by atoms with Crippen LogP contribution in [0.1, 0.15) is 54.2 Å². The van der Waals surface area contributed by atoms with Gasteiger partial charge in [0.25, 0.3) is 5.91 Å². The molecule has 1 aromatic heterocycles. The maximum atomic E-state index is 13.8. The first-order chi connectivity index (χ1) is 12.6. The molecule has 2 aromatic rings. The fraction of sp³-hybridized carbons (Fsp3) is 0.316. The van der Waals surface area contributed by atoms with E-state index >= 15 is 0 Å². The van der Waals surface area contributed by atoms with Crippen LogP contribution in [0.4, 0.5) is 15.8 Å². The van der Waals surface area contributed by atoms with Gasteiger partial charge in [-0.15, -0.1) is 0 Å². The summed E-state index contributed by atoms with van der Waals surface area (Å²) in [6.07, 6.45) is 6.90. The van der Waals surface area contributed by atoms with E-state index in [0.717, 1.165) is 24.6 Å². The topological polar surface area (TPSA) is 86.9 Å². The number of carbonyl (C=O) groups excluding carboxylic acids is 2. The predicted octanol–water partition coefficient (Wildman–Crippen LogP) is 3.97. The molecule has 136 valence electrons. The van der Waals surface area contributed by atoms with Crippen molar-refractivity contribution in [2.24, 2.45) is 0 Å². The zero-order chi connectivity index (χ0) is 18.5. The van der Waals surface area contributed by atoms with E-state index in [1.54, 1.807) is 6.07 Å². The summed E-state index contributed by atoms with van der Waals surface area (Å²) < 4.78 is 13.8. The van der Waals surface area contributed by atoms with E-state index in [0.29, 0.717) is 11.6 Å². The first kappa shape index (κ1) is 17.8. The number of benzene rings is 1. The number of rotatable bonds is 5. The molecule has 0 atom stereocenters. The smallest absolute Gasteiger partial charge is 0.276 e. The fourth-order valence-electron chi connectivity index (χ4n) is 3.15. The third-order valence-corrected chi connectivity index (χ3v) is 4.54. The molecular weight excluding hydrogens is 335 g/mol. The standard InChI is InChI=1S/C19H21FN4O2/c1-2-18(25)22-16-10-13(8-9-14(16)20)21-19(26)17-11-15(23-24-17)12-6-4-3-5-7-12/h2,8-12H,1,3-7H2,(H,21,26)(H,22,25)(H,23,24). The first-order valence-electron chi connectivity index (χ1n) is 8.66. The fourth-order valence-corrected chi connectivity index (χ4v) is 3.15. The van der Waals surface area contributed by atoms with Gasteiger partial charge in [-0.05, 0) is 43.2 Å². The summed E-state index contributed by atoms with van der Waals surface area (Å²) in [6.45, 7) is 3.32. The van der Waals surface area contributed by atoms with Crippen LogP contribution in [0, 0.1) is 5.82 Å². The van der Waals surface area contributed by atoms with Crippen LogP contribution in [0.2, 0.25) is 0 Å². The van der Waals surface area contributed by atoms with Gasteiger partial charge in [0.1, 0.15) is 5.82 Å². The van der Waals surface area contributed by atoms with E-state index in [4.69, 9.17) is 0 Å². The minimum Gasteiger partial charge on any atom is -0.321 e. The summed E-state index contributed by atoms with van der Waals surface area (Å²) in [5.41, 5.74) is 1.59. The molecule has 0 saturated heterocycles. The minimum absolute atomic E-state index is 0.0300. The largest absolute Gasteiger partial charge is 0.321 e. The van der Waals surface area contributed by atoms with Crippen molar-refractivity contribution in [3.63, 3.8) is 0 Å². The monoisotopic (exact) mass is 356 g/mol. The summed E-state index contributed by atoms with van der Waals surface area (Å²) in [4.78, 5) is 23.7. The van der Waals surface area contributed by atoms with Crippen LogP contribution in [-0.2, 0) is 4.79 Å². The average Bonchev–Trinajstić information content (AvgIpc) is 3.15. The highest BCUT2D eigenvalue weighted by Crippen LogP contribution is 2.31. The molecule has 0 radical (unpaired) electrons. The van der Waals surface area contributed by atoms with Gasteiger partial charge in [-0.25, -0.2) is 4.39 Å². The number of H-pyrrole nitrogens is 1. The third-order valence-electron chi connectivity index (χ3n) is 4.54. The van der Waals surface area contributed by atoms with Crippen molar-refractivity contribution >= 4 is 23.2 Å². The van der Waals surface area contributed by atoms with Gasteiger partial charge in [0.2, 0.25) is 5.91 Å². The Balaban J connectivity index is 1.69. The lowest BCUT2D eigenvalue weighted by Gasteiger charge is -2.19. The minimum atomic E-state index is -0.599. The second kappa shape index (κ2) is 7.95. The van der Waals surface area contributed by atoms with Gasteiger partial charge in [0.05, 0.1) is 5.69 Å². The van der Waals surface area contributed by atoms with Gasteiger partial charge in [0.15, 0.2) is 5.69 Å². The average molecular weight is 356 g/mol. The molecule has 6 nitrogen and oxygen atoms in total. The molecule has 1 fully saturated rings. The molecular formula is C19H21FN4O2. The lowest BCUT2D eigenvalue weighted by atomic mass is 9.87. The van der Waals surface area contributed by atoms with Crippen LogP contribution in [0.25, 0.3) is 0 Å². The first-order valence-corrected chi connectivity index (χ1v) is 8.66. The molecule has 3 N–H and O–H groups in total. The lowest BCUT2D eigenvalue weighted by molar-refractivity contribution is -0.111. The van der Waals surface area contributed by atoms with Gasteiger partial charge in [-0.1, -0.05) is 25.8 Å². The van der Waals surface area contributed by atoms with Crippen molar-refractivity contribution in [2.75, 3.05) is 10.6 Å². The van der Waals surface area contributed by atoms with Crippen molar-refractivity contribution < 1.29 is 14.0 Å². The van der Waals surface area contributed by atoms with Gasteiger partial charge in [-0.3, -0.25) is 14.7 Å². The molecule has 7 heteroatoms. The zero-order valence-corrected chi connectivity index (χ0v) is 14.3. The van der Waals surface area contributed by atoms with Crippen LogP contribution in [0.3, 0.4) is 0 Å². The van der Waals surface area contributed by atoms with Gasteiger partial charge < -0.3 is 10.6 Å². The Morgan fingerprint density at radius 2 is 1.96 bits per heavy atom. The molecule has 26 heavy (non-hydrogen) atoms. The van der Waals surface area contributed by atoms with E-state index in [9.17, 15) is 14.0 Å². The normalized spacial score (nSPS) is 14.7. The van der Waals surface area contributed by atoms with Gasteiger partial charge >= 0.3 is 0 Å². The highest BCUT2D eigenvalue weighted by atomic mass is 19.1. The van der Waals surface area contributed by atoms with Crippen LogP contribution >= 0.6 is 0 Å². The lowest BCUT2D eigenvalue weighted by Crippen LogP contribution is -2.14. The number of halogens is 1. The number of nitrogens with one attached hydrogen (secondary N) is 3. The highest BCUT2D eigenvalue weighted by molar-refractivity contribution is 6.04. The Bertz CT molecular complexity index is 825. The van der Waals surface area contributed by atoms with Crippen LogP contribution in [0.5, 0.6) is 0 Å². The number of nitrogens with zero attached hydrogens (tertiary/aromatic N) is 1. The van der Waals surface area contributed by atoms with Crippen LogP contribution < -0.4 is 10.6 Å². The summed E-state index contributed by atoms with van der Waals surface area (Å²) in [7, 11) is 0. The van der Waals surface area contributed by atoms with E-state index in [1.807, 2.05) is 0 Å². The number of hydrogen-bond donors (Lipinski definition) is 3. The van der Waals surface area contributed by atoms with Crippen LogP contribution in [0.15, 0.2) is 36.9 Å². The number of carbonyl (C=O) groups is 2. The maximum Gasteiger partial charge on any atom is 0.276 e. The Morgan fingerprint density at radius 1 is 1.19 bits per heavy atom. The second-order valence-corrected chi connectivity index (χ2v) is 6.39. The molecule has 0 unspecified atom stereocenters.